The zero-order valence-corrected chi connectivity index (χ0v) is 12.4. The number of H-pyrrole nitrogens is 1. The number of aromatic amines is 1. The highest BCUT2D eigenvalue weighted by Gasteiger charge is 2.07. The lowest BCUT2D eigenvalue weighted by Gasteiger charge is -2.08. The third kappa shape index (κ3) is 2.55. The van der Waals surface area contributed by atoms with Crippen LogP contribution in [0, 0.1) is 20.8 Å². The largest absolute Gasteiger partial charge is 0.457 e. The molecule has 106 valence electrons. The van der Waals surface area contributed by atoms with Crippen molar-refractivity contribution in [3.05, 3.63) is 69.5 Å². The molecule has 0 saturated carbocycles. The Morgan fingerprint density at radius 2 is 1.57 bits per heavy atom. The molecule has 3 nitrogen and oxygen atoms in total. The molecule has 0 radical (unpaired) electrons. The second-order valence-electron chi connectivity index (χ2n) is 5.33. The lowest BCUT2D eigenvalue weighted by molar-refractivity contribution is 0.483. The molecule has 0 amide bonds. The number of aromatic nitrogens is 1. The Hall–Kier alpha value is -2.55. The average Bonchev–Trinajstić information content (AvgIpc) is 2.48. The first-order valence-electron chi connectivity index (χ1n) is 6.92. The maximum absolute atomic E-state index is 12.3. The zero-order valence-electron chi connectivity index (χ0n) is 12.4. The number of nitrogens with one attached hydrogen (secondary N) is 1. The summed E-state index contributed by atoms with van der Waals surface area (Å²) in [6.45, 7) is 5.78. The number of hydrogen-bond donors (Lipinski definition) is 1. The summed E-state index contributed by atoms with van der Waals surface area (Å²) in [5.41, 5.74) is 3.72. The highest BCUT2D eigenvalue weighted by Crippen LogP contribution is 2.24. The molecule has 0 spiro atoms. The van der Waals surface area contributed by atoms with Crippen molar-refractivity contribution in [2.75, 3.05) is 0 Å². The van der Waals surface area contributed by atoms with Crippen LogP contribution in [-0.2, 0) is 0 Å². The van der Waals surface area contributed by atoms with Gasteiger partial charge in [0.25, 0.3) is 0 Å². The molecule has 3 aromatic rings. The minimum atomic E-state index is 0.0515. The molecule has 0 aliphatic carbocycles. The van der Waals surface area contributed by atoms with E-state index in [0.29, 0.717) is 11.1 Å². The van der Waals surface area contributed by atoms with Crippen molar-refractivity contribution < 1.29 is 4.74 Å². The Labute approximate surface area is 123 Å². The number of hydrogen-bond acceptors (Lipinski definition) is 2. The number of rotatable bonds is 2. The molecule has 3 heteroatoms. The molecule has 0 unspecified atom stereocenters. The van der Waals surface area contributed by atoms with Gasteiger partial charge >= 0.3 is 0 Å². The van der Waals surface area contributed by atoms with E-state index in [-0.39, 0.29) is 5.43 Å². The van der Waals surface area contributed by atoms with Gasteiger partial charge in [-0.05, 0) is 51.1 Å². The van der Waals surface area contributed by atoms with Crippen LogP contribution < -0.4 is 10.2 Å². The van der Waals surface area contributed by atoms with Crippen LogP contribution in [0.4, 0.5) is 0 Å². The fourth-order valence-electron chi connectivity index (χ4n) is 2.29. The van der Waals surface area contributed by atoms with Crippen molar-refractivity contribution in [3.63, 3.8) is 0 Å². The quantitative estimate of drug-likeness (QED) is 0.762. The summed E-state index contributed by atoms with van der Waals surface area (Å²) in [5, 5.41) is 0.655. The maximum Gasteiger partial charge on any atom is 0.192 e. The first-order chi connectivity index (χ1) is 10.0. The van der Waals surface area contributed by atoms with Gasteiger partial charge in [0.05, 0.1) is 0 Å². The monoisotopic (exact) mass is 279 g/mol. The van der Waals surface area contributed by atoms with Gasteiger partial charge < -0.3 is 9.72 Å². The Kier molecular flexibility index (Phi) is 3.26. The van der Waals surface area contributed by atoms with Crippen molar-refractivity contribution >= 4 is 10.9 Å². The third-order valence-corrected chi connectivity index (χ3v) is 3.72. The number of ether oxygens (including phenoxy) is 1. The normalized spacial score (nSPS) is 10.8. The summed E-state index contributed by atoms with van der Waals surface area (Å²) in [4.78, 5) is 15.6. The summed E-state index contributed by atoms with van der Waals surface area (Å²) < 4.78 is 5.81. The molecule has 3 rings (SSSR count). The lowest BCUT2D eigenvalue weighted by Crippen LogP contribution is -2.09. The number of pyridine rings is 1. The Bertz CT molecular complexity index is 861. The van der Waals surface area contributed by atoms with Crippen molar-refractivity contribution in [1.29, 1.82) is 0 Å². The van der Waals surface area contributed by atoms with Crippen LogP contribution in [0.5, 0.6) is 11.5 Å². The van der Waals surface area contributed by atoms with Crippen LogP contribution in [0.3, 0.4) is 0 Å². The summed E-state index contributed by atoms with van der Waals surface area (Å²) in [7, 11) is 0. The van der Waals surface area contributed by atoms with Crippen LogP contribution in [0.1, 0.15) is 16.8 Å². The van der Waals surface area contributed by atoms with Gasteiger partial charge in [0.15, 0.2) is 5.43 Å². The van der Waals surface area contributed by atoms with E-state index in [9.17, 15) is 4.79 Å². The van der Waals surface area contributed by atoms with Gasteiger partial charge in [0.2, 0.25) is 0 Å². The molecule has 1 heterocycles. The number of fused-ring (bicyclic) bond motifs is 1. The van der Waals surface area contributed by atoms with E-state index in [0.717, 1.165) is 22.5 Å². The molecule has 0 aliphatic rings. The average molecular weight is 279 g/mol. The Balaban J connectivity index is 2.05. The predicted octanol–water partition coefficient (Wildman–Crippen LogP) is 4.25. The smallest absolute Gasteiger partial charge is 0.192 e. The molecule has 0 bridgehead atoms. The topological polar surface area (TPSA) is 42.1 Å². The Morgan fingerprint density at radius 1 is 0.905 bits per heavy atom. The molecule has 1 N–H and O–H groups in total. The van der Waals surface area contributed by atoms with Gasteiger partial charge in [-0.15, -0.1) is 0 Å². The van der Waals surface area contributed by atoms with Gasteiger partial charge in [0.1, 0.15) is 11.5 Å². The molecular formula is C18H17NO2. The van der Waals surface area contributed by atoms with Crippen molar-refractivity contribution in [3.8, 4) is 11.5 Å². The predicted molar refractivity (Wildman–Crippen MR) is 85.3 cm³/mol. The second kappa shape index (κ2) is 5.09. The summed E-state index contributed by atoms with van der Waals surface area (Å²) in [6.07, 6.45) is 0. The second-order valence-corrected chi connectivity index (χ2v) is 5.33. The summed E-state index contributed by atoms with van der Waals surface area (Å²) in [6, 6.07) is 13.4. The van der Waals surface area contributed by atoms with E-state index in [1.165, 1.54) is 5.56 Å². The van der Waals surface area contributed by atoms with Crippen molar-refractivity contribution in [2.24, 2.45) is 0 Å². The summed E-state index contributed by atoms with van der Waals surface area (Å²) in [5.74, 6) is 1.43. The summed E-state index contributed by atoms with van der Waals surface area (Å²) >= 11 is 0. The number of benzene rings is 2. The highest BCUT2D eigenvalue weighted by atomic mass is 16.5. The van der Waals surface area contributed by atoms with E-state index in [2.05, 4.69) is 4.98 Å². The Morgan fingerprint density at radius 3 is 2.29 bits per heavy atom. The SMILES string of the molecule is Cc1ccc(Oc2ccc3[nH]c(C)c(C)c(=O)c3c2)cc1. The fraction of sp³-hybridized carbons (Fsp3) is 0.167. The van der Waals surface area contributed by atoms with Crippen LogP contribution in [0.25, 0.3) is 10.9 Å². The molecule has 0 aliphatic heterocycles. The van der Waals surface area contributed by atoms with E-state index < -0.39 is 0 Å². The third-order valence-electron chi connectivity index (χ3n) is 3.72. The van der Waals surface area contributed by atoms with E-state index >= 15 is 0 Å². The van der Waals surface area contributed by atoms with Crippen molar-refractivity contribution in [1.82, 2.24) is 4.98 Å². The van der Waals surface area contributed by atoms with Crippen LogP contribution in [-0.4, -0.2) is 4.98 Å². The first-order valence-corrected chi connectivity index (χ1v) is 6.92. The van der Waals surface area contributed by atoms with Crippen molar-refractivity contribution in [2.45, 2.75) is 20.8 Å². The molecule has 0 atom stereocenters. The minimum Gasteiger partial charge on any atom is -0.457 e. The van der Waals surface area contributed by atoms with Gasteiger partial charge in [-0.25, -0.2) is 0 Å². The van der Waals surface area contributed by atoms with Crippen LogP contribution in [0.15, 0.2) is 47.3 Å². The maximum atomic E-state index is 12.3. The zero-order chi connectivity index (χ0) is 15.0. The molecule has 0 fully saturated rings. The fourth-order valence-corrected chi connectivity index (χ4v) is 2.29. The first kappa shape index (κ1) is 13.4. The standard InChI is InChI=1S/C18H17NO2/c1-11-4-6-14(7-5-11)21-15-8-9-17-16(10-15)18(20)12(2)13(3)19-17/h4-10H,1-3H3,(H,19,20). The van der Waals surface area contributed by atoms with Gasteiger partial charge in [-0.3, -0.25) is 4.79 Å². The molecule has 0 saturated heterocycles. The van der Waals surface area contributed by atoms with Crippen LogP contribution >= 0.6 is 0 Å². The van der Waals surface area contributed by atoms with E-state index in [1.807, 2.05) is 57.2 Å². The van der Waals surface area contributed by atoms with E-state index in [4.69, 9.17) is 4.74 Å². The highest BCUT2D eigenvalue weighted by molar-refractivity contribution is 5.81. The molecule has 21 heavy (non-hydrogen) atoms. The van der Waals surface area contributed by atoms with Crippen LogP contribution in [0.2, 0.25) is 0 Å². The molecule has 1 aromatic heterocycles. The van der Waals surface area contributed by atoms with Gasteiger partial charge in [-0.1, -0.05) is 17.7 Å². The molecule has 2 aromatic carbocycles. The van der Waals surface area contributed by atoms with Gasteiger partial charge in [-0.2, -0.15) is 0 Å². The van der Waals surface area contributed by atoms with E-state index in [1.54, 1.807) is 6.07 Å². The molecular weight excluding hydrogens is 262 g/mol. The minimum absolute atomic E-state index is 0.0515. The van der Waals surface area contributed by atoms with Gasteiger partial charge in [0, 0.05) is 22.2 Å². The lowest BCUT2D eigenvalue weighted by atomic mass is 10.1. The number of aryl methyl sites for hydroxylation is 2.